The molecule has 1 heterocycles. The van der Waals surface area contributed by atoms with Crippen LogP contribution in [0.15, 0.2) is 48.5 Å². The number of aryl methyl sites for hydroxylation is 1. The average molecular weight is 401 g/mol. The molecule has 3 rings (SSSR count). The Labute approximate surface area is 164 Å². The zero-order valence-electron chi connectivity index (χ0n) is 15.0. The number of hydrogen-bond acceptors (Lipinski definition) is 3. The lowest BCUT2D eigenvalue weighted by Gasteiger charge is -2.06. The molecule has 0 aliphatic carbocycles. The predicted octanol–water partition coefficient (Wildman–Crippen LogP) is 5.60. The van der Waals surface area contributed by atoms with Gasteiger partial charge in [0.05, 0.1) is 5.69 Å². The largest absolute Gasteiger partial charge is 0.477 e. The van der Waals surface area contributed by atoms with Crippen molar-refractivity contribution in [2.24, 2.45) is 0 Å². The van der Waals surface area contributed by atoms with E-state index in [4.69, 9.17) is 0 Å². The Hall–Kier alpha value is -3.06. The molecule has 1 aromatic heterocycles. The number of aromatic carboxylic acids is 1. The number of carboxylic acids is 1. The normalized spacial score (nSPS) is 10.7. The first-order chi connectivity index (χ1) is 13.4. The van der Waals surface area contributed by atoms with Gasteiger partial charge < -0.3 is 10.4 Å². The molecule has 4 nitrogen and oxygen atoms in total. The monoisotopic (exact) mass is 401 g/mol. The van der Waals surface area contributed by atoms with E-state index < -0.39 is 29.1 Å². The molecule has 0 saturated heterocycles. The maximum Gasteiger partial charge on any atom is 0.348 e. The van der Waals surface area contributed by atoms with Gasteiger partial charge in [-0.3, -0.25) is 4.79 Å². The summed E-state index contributed by atoms with van der Waals surface area (Å²) in [5.41, 5.74) is 1.21. The predicted molar refractivity (Wildman–Crippen MR) is 105 cm³/mol. The van der Waals surface area contributed by atoms with Crippen molar-refractivity contribution in [3.05, 3.63) is 76.2 Å². The van der Waals surface area contributed by atoms with Gasteiger partial charge in [0, 0.05) is 4.88 Å². The van der Waals surface area contributed by atoms with Gasteiger partial charge in [0.25, 0.3) is 5.91 Å². The molecule has 0 radical (unpaired) electrons. The highest BCUT2D eigenvalue weighted by molar-refractivity contribution is 7.18. The number of benzene rings is 2. The lowest BCUT2D eigenvalue weighted by molar-refractivity contribution is 0.0703. The second-order valence-corrected chi connectivity index (χ2v) is 7.21. The highest BCUT2D eigenvalue weighted by Gasteiger charge is 2.22. The van der Waals surface area contributed by atoms with Gasteiger partial charge >= 0.3 is 5.97 Å². The average Bonchev–Trinajstić information content (AvgIpc) is 3.06. The van der Waals surface area contributed by atoms with Crippen LogP contribution < -0.4 is 5.32 Å². The molecule has 0 saturated carbocycles. The minimum absolute atomic E-state index is 0.00205. The van der Waals surface area contributed by atoms with Crippen LogP contribution in [0.3, 0.4) is 0 Å². The summed E-state index contributed by atoms with van der Waals surface area (Å²) in [6, 6.07) is 12.3. The number of amides is 1. The summed E-state index contributed by atoms with van der Waals surface area (Å²) in [6.07, 6.45) is 1.96. The minimum Gasteiger partial charge on any atom is -0.477 e. The molecule has 0 atom stereocenters. The smallest absolute Gasteiger partial charge is 0.348 e. The molecule has 0 bridgehead atoms. The quantitative estimate of drug-likeness (QED) is 0.565. The molecule has 0 fully saturated rings. The highest BCUT2D eigenvalue weighted by atomic mass is 32.1. The molecular formula is C21H17F2NO3S. The van der Waals surface area contributed by atoms with E-state index in [0.717, 1.165) is 47.9 Å². The Balaban J connectivity index is 1.93. The van der Waals surface area contributed by atoms with Gasteiger partial charge in [-0.05, 0) is 35.7 Å². The van der Waals surface area contributed by atoms with Gasteiger partial charge in [-0.2, -0.15) is 0 Å². The maximum absolute atomic E-state index is 13.8. The fourth-order valence-electron chi connectivity index (χ4n) is 2.81. The molecule has 28 heavy (non-hydrogen) atoms. The summed E-state index contributed by atoms with van der Waals surface area (Å²) in [5, 5.41) is 11.8. The fraction of sp³-hybridized carbons (Fsp3) is 0.143. The number of carbonyl (C=O) groups is 2. The molecule has 3 aromatic rings. The van der Waals surface area contributed by atoms with Crippen molar-refractivity contribution in [1.82, 2.24) is 0 Å². The SMILES string of the molecule is CCCc1ccc(-c2cc(NC(=O)c3c(F)cccc3F)c(C(=O)O)s2)cc1. The van der Waals surface area contributed by atoms with Crippen molar-refractivity contribution in [2.45, 2.75) is 19.8 Å². The Kier molecular flexibility index (Phi) is 5.84. The Morgan fingerprint density at radius 2 is 1.71 bits per heavy atom. The van der Waals surface area contributed by atoms with E-state index in [-0.39, 0.29) is 10.6 Å². The van der Waals surface area contributed by atoms with Crippen LogP contribution in [0.2, 0.25) is 0 Å². The van der Waals surface area contributed by atoms with Crippen LogP contribution in [0.25, 0.3) is 10.4 Å². The summed E-state index contributed by atoms with van der Waals surface area (Å²) >= 11 is 0.984. The summed E-state index contributed by atoms with van der Waals surface area (Å²) in [7, 11) is 0. The third-order valence-electron chi connectivity index (χ3n) is 4.14. The summed E-state index contributed by atoms with van der Waals surface area (Å²) in [4.78, 5) is 24.4. The van der Waals surface area contributed by atoms with Crippen LogP contribution in [-0.4, -0.2) is 17.0 Å². The second kappa shape index (κ2) is 8.31. The van der Waals surface area contributed by atoms with Crippen LogP contribution in [0.1, 0.15) is 38.9 Å². The third kappa shape index (κ3) is 4.09. The van der Waals surface area contributed by atoms with Crippen molar-refractivity contribution in [3.63, 3.8) is 0 Å². The van der Waals surface area contributed by atoms with Gasteiger partial charge in [-0.1, -0.05) is 43.7 Å². The Morgan fingerprint density at radius 1 is 1.07 bits per heavy atom. The van der Waals surface area contributed by atoms with E-state index in [1.54, 1.807) is 0 Å². The molecule has 0 unspecified atom stereocenters. The first-order valence-corrected chi connectivity index (χ1v) is 9.44. The van der Waals surface area contributed by atoms with E-state index in [1.165, 1.54) is 11.6 Å². The number of carbonyl (C=O) groups excluding carboxylic acids is 1. The van der Waals surface area contributed by atoms with Gasteiger partial charge in [-0.15, -0.1) is 11.3 Å². The van der Waals surface area contributed by atoms with E-state index in [2.05, 4.69) is 12.2 Å². The molecule has 7 heteroatoms. The number of carboxylic acid groups (broad SMARTS) is 1. The topological polar surface area (TPSA) is 66.4 Å². The molecule has 2 aromatic carbocycles. The third-order valence-corrected chi connectivity index (χ3v) is 5.31. The lowest BCUT2D eigenvalue weighted by Crippen LogP contribution is -2.16. The van der Waals surface area contributed by atoms with Crippen LogP contribution in [0.5, 0.6) is 0 Å². The number of nitrogens with one attached hydrogen (secondary N) is 1. The van der Waals surface area contributed by atoms with Crippen LogP contribution >= 0.6 is 11.3 Å². The summed E-state index contributed by atoms with van der Waals surface area (Å²) in [5.74, 6) is -4.31. The zero-order chi connectivity index (χ0) is 20.3. The lowest BCUT2D eigenvalue weighted by atomic mass is 10.1. The minimum atomic E-state index is -1.23. The second-order valence-electron chi connectivity index (χ2n) is 6.16. The molecule has 0 aliphatic rings. The van der Waals surface area contributed by atoms with Crippen molar-refractivity contribution >= 4 is 28.9 Å². The fourth-order valence-corrected chi connectivity index (χ4v) is 3.77. The Bertz CT molecular complexity index is 1010. The summed E-state index contributed by atoms with van der Waals surface area (Å²) in [6.45, 7) is 2.08. The van der Waals surface area contributed by atoms with Crippen LogP contribution in [0.4, 0.5) is 14.5 Å². The number of hydrogen-bond donors (Lipinski definition) is 2. The number of halogens is 2. The van der Waals surface area contributed by atoms with Crippen LogP contribution in [0, 0.1) is 11.6 Å². The van der Waals surface area contributed by atoms with Gasteiger partial charge in [0.15, 0.2) is 0 Å². The van der Waals surface area contributed by atoms with Crippen molar-refractivity contribution in [1.29, 1.82) is 0 Å². The first kappa shape index (κ1) is 19.7. The van der Waals surface area contributed by atoms with E-state index >= 15 is 0 Å². The van der Waals surface area contributed by atoms with Gasteiger partial charge in [0.2, 0.25) is 0 Å². The first-order valence-electron chi connectivity index (χ1n) is 8.62. The van der Waals surface area contributed by atoms with Crippen molar-refractivity contribution in [3.8, 4) is 10.4 Å². The highest BCUT2D eigenvalue weighted by Crippen LogP contribution is 2.35. The van der Waals surface area contributed by atoms with E-state index in [0.29, 0.717) is 4.88 Å². The molecule has 1 amide bonds. The summed E-state index contributed by atoms with van der Waals surface area (Å²) < 4.78 is 27.6. The van der Waals surface area contributed by atoms with Gasteiger partial charge in [-0.25, -0.2) is 13.6 Å². The van der Waals surface area contributed by atoms with Crippen LogP contribution in [-0.2, 0) is 6.42 Å². The van der Waals surface area contributed by atoms with Gasteiger partial charge in [0.1, 0.15) is 22.1 Å². The molecule has 144 valence electrons. The number of anilines is 1. The van der Waals surface area contributed by atoms with E-state index in [9.17, 15) is 23.5 Å². The number of thiophene rings is 1. The molecule has 0 aliphatic heterocycles. The number of rotatable bonds is 6. The van der Waals surface area contributed by atoms with Crippen molar-refractivity contribution in [2.75, 3.05) is 5.32 Å². The zero-order valence-corrected chi connectivity index (χ0v) is 15.8. The van der Waals surface area contributed by atoms with Crippen molar-refractivity contribution < 1.29 is 23.5 Å². The molecule has 0 spiro atoms. The standard InChI is InChI=1S/C21H17F2NO3S/c1-2-4-12-7-9-13(10-8-12)17-11-16(19(28-17)21(26)27)24-20(25)18-14(22)5-3-6-15(18)23/h3,5-11H,2,4H2,1H3,(H,24,25)(H,26,27). The maximum atomic E-state index is 13.8. The molecular weight excluding hydrogens is 384 g/mol. The molecule has 2 N–H and O–H groups in total. The van der Waals surface area contributed by atoms with E-state index in [1.807, 2.05) is 24.3 Å². The Morgan fingerprint density at radius 3 is 2.29 bits per heavy atom.